The number of hydrogen-bond acceptors (Lipinski definition) is 3. The van der Waals surface area contributed by atoms with Crippen molar-refractivity contribution >= 4 is 11.8 Å². The molecule has 2 aromatic rings. The minimum Gasteiger partial charge on any atom is -0.342 e. The first kappa shape index (κ1) is 20.3. The van der Waals surface area contributed by atoms with Gasteiger partial charge in [0.25, 0.3) is 5.91 Å². The van der Waals surface area contributed by atoms with Crippen LogP contribution in [0.5, 0.6) is 0 Å². The van der Waals surface area contributed by atoms with E-state index in [2.05, 4.69) is 29.5 Å². The molecule has 1 aromatic carbocycles. The van der Waals surface area contributed by atoms with E-state index in [4.69, 9.17) is 4.98 Å². The van der Waals surface area contributed by atoms with Crippen molar-refractivity contribution in [2.45, 2.75) is 52.0 Å². The Hall–Kier alpha value is -2.63. The van der Waals surface area contributed by atoms with Crippen molar-refractivity contribution in [2.24, 2.45) is 11.3 Å². The molecular formula is C25H32N4O2. The number of nitrogens with zero attached hydrogens (tertiary/aromatic N) is 4. The van der Waals surface area contributed by atoms with Crippen LogP contribution in [0.15, 0.2) is 36.8 Å². The highest BCUT2D eigenvalue weighted by Crippen LogP contribution is 2.50. The first-order chi connectivity index (χ1) is 14.9. The van der Waals surface area contributed by atoms with Gasteiger partial charge in [-0.05, 0) is 57.6 Å². The summed E-state index contributed by atoms with van der Waals surface area (Å²) in [6.45, 7) is 8.93. The Labute approximate surface area is 184 Å². The maximum Gasteiger partial charge on any atom is 0.254 e. The molecule has 3 aliphatic rings. The van der Waals surface area contributed by atoms with E-state index in [0.717, 1.165) is 36.3 Å². The maximum atomic E-state index is 13.7. The molecule has 6 heteroatoms. The van der Waals surface area contributed by atoms with Crippen LogP contribution in [-0.2, 0) is 4.79 Å². The number of imidazole rings is 1. The molecule has 2 aliphatic heterocycles. The van der Waals surface area contributed by atoms with E-state index in [1.807, 2.05) is 42.4 Å². The van der Waals surface area contributed by atoms with Crippen LogP contribution in [0.2, 0.25) is 0 Å². The minimum atomic E-state index is -0.552. The zero-order valence-electron chi connectivity index (χ0n) is 18.8. The molecule has 1 aromatic heterocycles. The summed E-state index contributed by atoms with van der Waals surface area (Å²) in [4.78, 5) is 35.9. The van der Waals surface area contributed by atoms with E-state index >= 15 is 0 Å². The molecule has 1 spiro atoms. The fraction of sp³-hybridized carbons (Fsp3) is 0.560. The molecule has 164 valence electrons. The summed E-state index contributed by atoms with van der Waals surface area (Å²) in [7, 11) is 0. The highest BCUT2D eigenvalue weighted by atomic mass is 16.2. The number of likely N-dealkylation sites (tertiary alicyclic amines) is 2. The standard InChI is InChI=1S/C25H32N4O2/c1-17(2)29-14-22(26-16-29)21-13-28(23(30)20-7-5-4-6-18(20)3)15-25(21)10-11-27(24(25)31)12-19-8-9-19/h4-7,14,16-17,19,21H,8-13,15H2,1-3H3/t21-,25+/m0/s1. The molecule has 0 N–H and O–H groups in total. The molecule has 3 heterocycles. The van der Waals surface area contributed by atoms with Crippen LogP contribution < -0.4 is 0 Å². The molecule has 0 bridgehead atoms. The molecule has 31 heavy (non-hydrogen) atoms. The lowest BCUT2D eigenvalue weighted by Crippen LogP contribution is -2.41. The quantitative estimate of drug-likeness (QED) is 0.742. The van der Waals surface area contributed by atoms with Crippen LogP contribution in [0.1, 0.15) is 66.7 Å². The summed E-state index contributed by atoms with van der Waals surface area (Å²) in [5.74, 6) is 0.862. The van der Waals surface area contributed by atoms with E-state index < -0.39 is 5.41 Å². The van der Waals surface area contributed by atoms with Gasteiger partial charge in [-0.3, -0.25) is 9.59 Å². The van der Waals surface area contributed by atoms with Gasteiger partial charge in [0, 0.05) is 49.9 Å². The average Bonchev–Trinajstić information content (AvgIpc) is 3.17. The molecule has 2 saturated heterocycles. The van der Waals surface area contributed by atoms with Crippen molar-refractivity contribution in [3.63, 3.8) is 0 Å². The maximum absolute atomic E-state index is 13.7. The smallest absolute Gasteiger partial charge is 0.254 e. The number of carbonyl (C=O) groups is 2. The van der Waals surface area contributed by atoms with Gasteiger partial charge in [-0.15, -0.1) is 0 Å². The zero-order chi connectivity index (χ0) is 21.8. The third-order valence-electron chi connectivity index (χ3n) is 7.50. The lowest BCUT2D eigenvalue weighted by molar-refractivity contribution is -0.136. The Morgan fingerprint density at radius 3 is 2.71 bits per heavy atom. The van der Waals surface area contributed by atoms with Crippen LogP contribution in [-0.4, -0.2) is 57.3 Å². The molecule has 6 nitrogen and oxygen atoms in total. The third-order valence-corrected chi connectivity index (χ3v) is 7.50. The van der Waals surface area contributed by atoms with Gasteiger partial charge >= 0.3 is 0 Å². The average molecular weight is 421 g/mol. The van der Waals surface area contributed by atoms with Crippen molar-refractivity contribution in [3.8, 4) is 0 Å². The normalized spacial score (nSPS) is 25.9. The van der Waals surface area contributed by atoms with E-state index in [1.54, 1.807) is 0 Å². The topological polar surface area (TPSA) is 58.4 Å². The van der Waals surface area contributed by atoms with Crippen LogP contribution in [0.3, 0.4) is 0 Å². The highest BCUT2D eigenvalue weighted by Gasteiger charge is 2.59. The second-order valence-corrected chi connectivity index (χ2v) is 9.99. The number of aryl methyl sites for hydroxylation is 1. The van der Waals surface area contributed by atoms with Gasteiger partial charge in [0.2, 0.25) is 5.91 Å². The van der Waals surface area contributed by atoms with Crippen molar-refractivity contribution < 1.29 is 9.59 Å². The Morgan fingerprint density at radius 2 is 2.03 bits per heavy atom. The number of rotatable bonds is 5. The van der Waals surface area contributed by atoms with E-state index in [0.29, 0.717) is 25.0 Å². The van der Waals surface area contributed by atoms with E-state index in [9.17, 15) is 9.59 Å². The Kier molecular flexibility index (Phi) is 4.91. The number of benzene rings is 1. The highest BCUT2D eigenvalue weighted by molar-refractivity contribution is 5.97. The summed E-state index contributed by atoms with van der Waals surface area (Å²) in [6, 6.07) is 8.04. The molecule has 1 aliphatic carbocycles. The predicted octanol–water partition coefficient (Wildman–Crippen LogP) is 3.64. The molecule has 2 amide bonds. The number of amides is 2. The van der Waals surface area contributed by atoms with Gasteiger partial charge in [0.15, 0.2) is 0 Å². The lowest BCUT2D eigenvalue weighted by atomic mass is 9.75. The zero-order valence-corrected chi connectivity index (χ0v) is 18.8. The predicted molar refractivity (Wildman–Crippen MR) is 119 cm³/mol. The van der Waals surface area contributed by atoms with Crippen molar-refractivity contribution in [1.82, 2.24) is 19.4 Å². The van der Waals surface area contributed by atoms with Gasteiger partial charge < -0.3 is 14.4 Å². The molecule has 3 fully saturated rings. The molecule has 0 radical (unpaired) electrons. The van der Waals surface area contributed by atoms with Gasteiger partial charge in [-0.25, -0.2) is 4.98 Å². The minimum absolute atomic E-state index is 0.0247. The number of hydrogen-bond donors (Lipinski definition) is 0. The number of aromatic nitrogens is 2. The van der Waals surface area contributed by atoms with Gasteiger partial charge in [0.05, 0.1) is 17.4 Å². The second kappa shape index (κ2) is 7.50. The summed E-state index contributed by atoms with van der Waals surface area (Å²) in [5.41, 5.74) is 2.09. The first-order valence-corrected chi connectivity index (χ1v) is 11.6. The second-order valence-electron chi connectivity index (χ2n) is 9.99. The molecule has 0 unspecified atom stereocenters. The van der Waals surface area contributed by atoms with Crippen LogP contribution in [0.25, 0.3) is 0 Å². The largest absolute Gasteiger partial charge is 0.342 e. The first-order valence-electron chi connectivity index (χ1n) is 11.6. The molecular weight excluding hydrogens is 388 g/mol. The Balaban J connectivity index is 1.48. The van der Waals surface area contributed by atoms with Crippen LogP contribution in [0, 0.1) is 18.3 Å². The summed E-state index contributed by atoms with van der Waals surface area (Å²) < 4.78 is 2.09. The van der Waals surface area contributed by atoms with Crippen molar-refractivity contribution in [1.29, 1.82) is 0 Å². The van der Waals surface area contributed by atoms with Crippen molar-refractivity contribution in [2.75, 3.05) is 26.2 Å². The van der Waals surface area contributed by atoms with Crippen molar-refractivity contribution in [3.05, 3.63) is 53.6 Å². The monoisotopic (exact) mass is 420 g/mol. The summed E-state index contributed by atoms with van der Waals surface area (Å²) in [6.07, 6.45) is 7.21. The summed E-state index contributed by atoms with van der Waals surface area (Å²) >= 11 is 0. The van der Waals surface area contributed by atoms with Crippen LogP contribution >= 0.6 is 0 Å². The molecule has 5 rings (SSSR count). The Morgan fingerprint density at radius 1 is 1.26 bits per heavy atom. The SMILES string of the molecule is Cc1ccccc1C(=O)N1C[C@@H](c2cn(C(C)C)cn2)[C@@]2(CCN(CC3CC3)C2=O)C1. The Bertz CT molecular complexity index is 1010. The number of carbonyl (C=O) groups excluding carboxylic acids is 2. The third kappa shape index (κ3) is 3.46. The fourth-order valence-electron chi connectivity index (χ4n) is 5.35. The van der Waals surface area contributed by atoms with E-state index in [-0.39, 0.29) is 17.7 Å². The van der Waals surface area contributed by atoms with Gasteiger partial charge in [-0.2, -0.15) is 0 Å². The summed E-state index contributed by atoms with van der Waals surface area (Å²) in [5, 5.41) is 0. The molecule has 1 saturated carbocycles. The van der Waals surface area contributed by atoms with Gasteiger partial charge in [0.1, 0.15) is 0 Å². The van der Waals surface area contributed by atoms with Gasteiger partial charge in [-0.1, -0.05) is 18.2 Å². The molecule has 2 atom stereocenters. The lowest BCUT2D eigenvalue weighted by Gasteiger charge is -2.28. The fourth-order valence-corrected chi connectivity index (χ4v) is 5.35. The van der Waals surface area contributed by atoms with Crippen LogP contribution in [0.4, 0.5) is 0 Å². The van der Waals surface area contributed by atoms with E-state index in [1.165, 1.54) is 12.8 Å².